The van der Waals surface area contributed by atoms with E-state index in [2.05, 4.69) is 15.6 Å². The molecule has 1 fully saturated rings. The first-order valence-corrected chi connectivity index (χ1v) is 14.3. The Kier molecular flexibility index (Phi) is 9.12. The SMILES string of the molecule is CN/C=C(\C=N)c1cnc(N)c(-c2ccc(NC(=O)c3cn(CC4CCOCC4)cc(-c4ccc(C)cc4)c3=O)cc2)c1. The Bertz CT molecular complexity index is 1700. The summed E-state index contributed by atoms with van der Waals surface area (Å²) in [7, 11) is 1.77. The minimum atomic E-state index is -0.469. The van der Waals surface area contributed by atoms with E-state index in [9.17, 15) is 9.59 Å². The van der Waals surface area contributed by atoms with Gasteiger partial charge in [-0.3, -0.25) is 9.59 Å². The molecule has 2 aromatic carbocycles. The molecule has 9 heteroatoms. The number of pyridine rings is 2. The highest BCUT2D eigenvalue weighted by Crippen LogP contribution is 2.29. The molecule has 0 unspecified atom stereocenters. The van der Waals surface area contributed by atoms with Crippen LogP contribution in [-0.4, -0.2) is 41.9 Å². The zero-order chi connectivity index (χ0) is 30.3. The van der Waals surface area contributed by atoms with Gasteiger partial charge in [0.2, 0.25) is 5.43 Å². The molecular formula is C34H36N6O3. The van der Waals surface area contributed by atoms with Crippen molar-refractivity contribution in [2.45, 2.75) is 26.3 Å². The van der Waals surface area contributed by atoms with Gasteiger partial charge in [-0.05, 0) is 55.0 Å². The van der Waals surface area contributed by atoms with Gasteiger partial charge in [-0.2, -0.15) is 0 Å². The van der Waals surface area contributed by atoms with E-state index in [0.29, 0.717) is 40.7 Å². The monoisotopic (exact) mass is 576 g/mol. The molecule has 0 radical (unpaired) electrons. The van der Waals surface area contributed by atoms with E-state index in [0.717, 1.165) is 48.3 Å². The topological polar surface area (TPSA) is 135 Å². The summed E-state index contributed by atoms with van der Waals surface area (Å²) in [5.74, 6) is 0.297. The molecule has 9 nitrogen and oxygen atoms in total. The van der Waals surface area contributed by atoms with Crippen molar-refractivity contribution >= 4 is 29.2 Å². The minimum Gasteiger partial charge on any atom is -0.393 e. The highest BCUT2D eigenvalue weighted by atomic mass is 16.5. The summed E-state index contributed by atoms with van der Waals surface area (Å²) in [6.07, 6.45) is 9.99. The average molecular weight is 577 g/mol. The molecule has 2 aromatic heterocycles. The van der Waals surface area contributed by atoms with Crippen molar-refractivity contribution < 1.29 is 9.53 Å². The Balaban J connectivity index is 1.43. The summed E-state index contributed by atoms with van der Waals surface area (Å²) in [4.78, 5) is 31.5. The van der Waals surface area contributed by atoms with Crippen LogP contribution in [0.1, 0.15) is 34.3 Å². The second kappa shape index (κ2) is 13.3. The maximum Gasteiger partial charge on any atom is 0.261 e. The zero-order valence-corrected chi connectivity index (χ0v) is 24.4. The molecule has 0 aliphatic carbocycles. The zero-order valence-electron chi connectivity index (χ0n) is 24.4. The first-order chi connectivity index (χ1) is 20.9. The number of allylic oxidation sites excluding steroid dienone is 1. The summed E-state index contributed by atoms with van der Waals surface area (Å²) < 4.78 is 7.49. The molecule has 5 N–H and O–H groups in total. The quantitative estimate of drug-likeness (QED) is 0.198. The Morgan fingerprint density at radius 1 is 1.07 bits per heavy atom. The molecule has 0 atom stereocenters. The second-order valence-corrected chi connectivity index (χ2v) is 10.8. The number of amides is 1. The van der Waals surface area contributed by atoms with Crippen molar-refractivity contribution in [1.82, 2.24) is 14.9 Å². The molecule has 220 valence electrons. The first kappa shape index (κ1) is 29.5. The van der Waals surface area contributed by atoms with Crippen LogP contribution in [0.4, 0.5) is 11.5 Å². The molecule has 0 spiro atoms. The van der Waals surface area contributed by atoms with Crippen molar-refractivity contribution in [3.05, 3.63) is 106 Å². The van der Waals surface area contributed by atoms with Crippen LogP contribution in [0.2, 0.25) is 0 Å². The van der Waals surface area contributed by atoms with Crippen LogP contribution >= 0.6 is 0 Å². The number of carbonyl (C=O) groups is 1. The summed E-state index contributed by atoms with van der Waals surface area (Å²) >= 11 is 0. The van der Waals surface area contributed by atoms with E-state index in [1.807, 2.05) is 60.2 Å². The minimum absolute atomic E-state index is 0.0888. The van der Waals surface area contributed by atoms with Crippen LogP contribution in [0.3, 0.4) is 0 Å². The van der Waals surface area contributed by atoms with E-state index in [1.54, 1.807) is 37.8 Å². The molecular weight excluding hydrogens is 540 g/mol. The molecule has 43 heavy (non-hydrogen) atoms. The largest absolute Gasteiger partial charge is 0.393 e. The number of carbonyl (C=O) groups excluding carboxylic acids is 1. The van der Waals surface area contributed by atoms with Gasteiger partial charge in [-0.25, -0.2) is 4.98 Å². The normalized spacial score (nSPS) is 13.9. The lowest BCUT2D eigenvalue weighted by molar-refractivity contribution is 0.0612. The smallest absolute Gasteiger partial charge is 0.261 e. The number of nitrogens with zero attached hydrogens (tertiary/aromatic N) is 2. The molecule has 1 aliphatic rings. The summed E-state index contributed by atoms with van der Waals surface area (Å²) in [6.45, 7) is 4.15. The van der Waals surface area contributed by atoms with Crippen LogP contribution < -0.4 is 21.8 Å². The number of hydrogen-bond donors (Lipinski definition) is 4. The van der Waals surface area contributed by atoms with Crippen molar-refractivity contribution in [3.8, 4) is 22.3 Å². The summed E-state index contributed by atoms with van der Waals surface area (Å²) in [5, 5.41) is 13.5. The maximum absolute atomic E-state index is 13.6. The Hall–Kier alpha value is -5.02. The van der Waals surface area contributed by atoms with Crippen LogP contribution in [0.15, 0.2) is 84.2 Å². The third-order valence-electron chi connectivity index (χ3n) is 7.66. The van der Waals surface area contributed by atoms with Gasteiger partial charge < -0.3 is 31.1 Å². The number of rotatable bonds is 9. The molecule has 1 saturated heterocycles. The van der Waals surface area contributed by atoms with Crippen molar-refractivity contribution in [1.29, 1.82) is 5.41 Å². The number of anilines is 2. The number of aromatic nitrogens is 2. The predicted octanol–water partition coefficient (Wildman–Crippen LogP) is 5.36. The highest BCUT2D eigenvalue weighted by Gasteiger charge is 2.20. The summed E-state index contributed by atoms with van der Waals surface area (Å²) in [5.41, 5.74) is 11.8. The van der Waals surface area contributed by atoms with Gasteiger partial charge in [0.1, 0.15) is 11.4 Å². The Morgan fingerprint density at radius 2 is 1.74 bits per heavy atom. The summed E-state index contributed by atoms with van der Waals surface area (Å²) in [6, 6.07) is 16.9. The Morgan fingerprint density at radius 3 is 2.42 bits per heavy atom. The van der Waals surface area contributed by atoms with Gasteiger partial charge in [0, 0.05) is 85.8 Å². The molecule has 1 amide bonds. The van der Waals surface area contributed by atoms with Gasteiger partial charge in [-0.15, -0.1) is 0 Å². The van der Waals surface area contributed by atoms with E-state index >= 15 is 0 Å². The van der Waals surface area contributed by atoms with E-state index < -0.39 is 5.91 Å². The first-order valence-electron chi connectivity index (χ1n) is 14.3. The van der Waals surface area contributed by atoms with Crippen LogP contribution in [-0.2, 0) is 11.3 Å². The predicted molar refractivity (Wildman–Crippen MR) is 172 cm³/mol. The molecule has 0 bridgehead atoms. The number of nitrogens with two attached hydrogens (primary N) is 1. The molecule has 3 heterocycles. The molecule has 5 rings (SSSR count). The van der Waals surface area contributed by atoms with Gasteiger partial charge in [0.15, 0.2) is 0 Å². The van der Waals surface area contributed by atoms with E-state index in [4.69, 9.17) is 15.9 Å². The lowest BCUT2D eigenvalue weighted by Gasteiger charge is -2.23. The van der Waals surface area contributed by atoms with Crippen LogP contribution in [0.5, 0.6) is 0 Å². The maximum atomic E-state index is 13.6. The van der Waals surface area contributed by atoms with Crippen molar-refractivity contribution in [2.24, 2.45) is 5.92 Å². The molecule has 1 aliphatic heterocycles. The number of nitrogens with one attached hydrogen (secondary N) is 3. The van der Waals surface area contributed by atoms with E-state index in [-0.39, 0.29) is 11.0 Å². The number of aryl methyl sites for hydroxylation is 1. The van der Waals surface area contributed by atoms with Crippen LogP contribution in [0.25, 0.3) is 27.8 Å². The third-order valence-corrected chi connectivity index (χ3v) is 7.66. The standard InChI is InChI=1S/C34H36N6O3/c1-22-3-5-25(6-4-22)30-20-40(19-23-11-13-43-14-12-23)21-31(32(30)41)34(42)39-28-9-7-24(8-10-28)29-15-26(18-38-33(29)36)27(16-35)17-37-2/h3-10,15-18,20-21,23,35,37H,11-14,19H2,1-2H3,(H2,36,38)(H,39,42)/b27-17+,35-16?. The van der Waals surface area contributed by atoms with Crippen LogP contribution in [0, 0.1) is 18.3 Å². The Labute approximate surface area is 250 Å². The van der Waals surface area contributed by atoms with Gasteiger partial charge in [0.05, 0.1) is 0 Å². The van der Waals surface area contributed by atoms with Gasteiger partial charge >= 0.3 is 0 Å². The lowest BCUT2D eigenvalue weighted by atomic mass is 9.99. The molecule has 4 aromatic rings. The second-order valence-electron chi connectivity index (χ2n) is 10.8. The lowest BCUT2D eigenvalue weighted by Crippen LogP contribution is -2.26. The van der Waals surface area contributed by atoms with Crippen molar-refractivity contribution in [2.75, 3.05) is 31.3 Å². The fraction of sp³-hybridized carbons (Fsp3) is 0.235. The van der Waals surface area contributed by atoms with Gasteiger partial charge in [0.25, 0.3) is 5.91 Å². The number of nitrogen functional groups attached to an aromatic ring is 1. The van der Waals surface area contributed by atoms with E-state index in [1.165, 1.54) is 6.21 Å². The number of ether oxygens (including phenoxy) is 1. The average Bonchev–Trinajstić information content (AvgIpc) is 3.02. The fourth-order valence-electron chi connectivity index (χ4n) is 5.22. The third kappa shape index (κ3) is 6.90. The molecule has 0 saturated carbocycles. The number of hydrogen-bond acceptors (Lipinski definition) is 7. The number of benzene rings is 2. The van der Waals surface area contributed by atoms with Crippen molar-refractivity contribution in [3.63, 3.8) is 0 Å². The fourth-order valence-corrected chi connectivity index (χ4v) is 5.22. The van der Waals surface area contributed by atoms with Gasteiger partial charge in [-0.1, -0.05) is 42.0 Å². The highest BCUT2D eigenvalue weighted by molar-refractivity contribution is 6.08.